The fourth-order valence-electron chi connectivity index (χ4n) is 1.21. The molecule has 0 radical (unpaired) electrons. The van der Waals surface area contributed by atoms with Crippen LogP contribution in [0.1, 0.15) is 22.8 Å². The van der Waals surface area contributed by atoms with Crippen LogP contribution in [0.3, 0.4) is 0 Å². The van der Waals surface area contributed by atoms with Crippen LogP contribution < -0.4 is 4.72 Å². The first kappa shape index (κ1) is 12.4. The zero-order valence-corrected chi connectivity index (χ0v) is 9.97. The number of carbonyl (C=O) groups excluding carboxylic acids is 1. The first-order chi connectivity index (χ1) is 7.33. The Hall–Kier alpha value is -1.62. The predicted octanol–water partition coefficient (Wildman–Crippen LogP) is 1.90. The Kier molecular flexibility index (Phi) is 3.49. The SMILES string of the molecule is C=C(C)c1ccc(C=O)c(NS(C)(=O)=O)c1. The molecule has 16 heavy (non-hydrogen) atoms. The monoisotopic (exact) mass is 239 g/mol. The van der Waals surface area contributed by atoms with Crippen molar-refractivity contribution in [3.8, 4) is 0 Å². The number of hydrogen-bond donors (Lipinski definition) is 1. The van der Waals surface area contributed by atoms with E-state index in [0.29, 0.717) is 11.8 Å². The van der Waals surface area contributed by atoms with Gasteiger partial charge in [-0.1, -0.05) is 18.2 Å². The largest absolute Gasteiger partial charge is 0.298 e. The lowest BCUT2D eigenvalue weighted by atomic mass is 10.1. The summed E-state index contributed by atoms with van der Waals surface area (Å²) in [5.74, 6) is 0. The highest BCUT2D eigenvalue weighted by Gasteiger charge is 2.08. The van der Waals surface area contributed by atoms with Crippen LogP contribution in [0.5, 0.6) is 0 Å². The molecule has 0 aliphatic rings. The van der Waals surface area contributed by atoms with Gasteiger partial charge < -0.3 is 0 Å². The van der Waals surface area contributed by atoms with Crippen LogP contribution in [-0.4, -0.2) is 21.0 Å². The minimum absolute atomic E-state index is 0.276. The minimum Gasteiger partial charge on any atom is -0.298 e. The molecule has 0 amide bonds. The van der Waals surface area contributed by atoms with E-state index < -0.39 is 10.0 Å². The van der Waals surface area contributed by atoms with E-state index in [1.165, 1.54) is 0 Å². The number of allylic oxidation sites excluding steroid dienone is 1. The normalized spacial score (nSPS) is 10.9. The molecule has 0 aromatic heterocycles. The molecule has 0 heterocycles. The summed E-state index contributed by atoms with van der Waals surface area (Å²) in [5.41, 5.74) is 2.17. The van der Waals surface area contributed by atoms with Crippen LogP contribution >= 0.6 is 0 Å². The van der Waals surface area contributed by atoms with E-state index in [0.717, 1.165) is 17.4 Å². The van der Waals surface area contributed by atoms with E-state index >= 15 is 0 Å². The van der Waals surface area contributed by atoms with E-state index in [2.05, 4.69) is 11.3 Å². The second kappa shape index (κ2) is 4.49. The van der Waals surface area contributed by atoms with Gasteiger partial charge in [-0.05, 0) is 24.6 Å². The lowest BCUT2D eigenvalue weighted by molar-refractivity contribution is 0.112. The number of rotatable bonds is 4. The third-order valence-electron chi connectivity index (χ3n) is 1.97. The number of anilines is 1. The molecule has 0 fully saturated rings. The van der Waals surface area contributed by atoms with Gasteiger partial charge in [-0.25, -0.2) is 8.42 Å². The van der Waals surface area contributed by atoms with Crippen molar-refractivity contribution >= 4 is 27.6 Å². The predicted molar refractivity (Wildman–Crippen MR) is 65.0 cm³/mol. The van der Waals surface area contributed by atoms with Gasteiger partial charge in [0.05, 0.1) is 11.9 Å². The molecule has 0 atom stereocenters. The molecule has 5 heteroatoms. The van der Waals surface area contributed by atoms with Gasteiger partial charge >= 0.3 is 0 Å². The van der Waals surface area contributed by atoms with Crippen molar-refractivity contribution in [1.29, 1.82) is 0 Å². The maximum absolute atomic E-state index is 11.1. The third-order valence-corrected chi connectivity index (χ3v) is 2.56. The van der Waals surface area contributed by atoms with Gasteiger partial charge in [0.2, 0.25) is 10.0 Å². The number of hydrogen-bond acceptors (Lipinski definition) is 3. The molecule has 1 aromatic carbocycles. The minimum atomic E-state index is -3.39. The highest BCUT2D eigenvalue weighted by atomic mass is 32.2. The van der Waals surface area contributed by atoms with E-state index in [9.17, 15) is 13.2 Å². The zero-order valence-electron chi connectivity index (χ0n) is 9.15. The van der Waals surface area contributed by atoms with Crippen molar-refractivity contribution in [3.63, 3.8) is 0 Å². The Morgan fingerprint density at radius 1 is 1.44 bits per heavy atom. The smallest absolute Gasteiger partial charge is 0.229 e. The summed E-state index contributed by atoms with van der Waals surface area (Å²) < 4.78 is 24.5. The van der Waals surface area contributed by atoms with Gasteiger partial charge in [-0.2, -0.15) is 0 Å². The van der Waals surface area contributed by atoms with E-state index in [-0.39, 0.29) is 5.69 Å². The van der Waals surface area contributed by atoms with Gasteiger partial charge in [0.15, 0.2) is 6.29 Å². The molecule has 0 saturated carbocycles. The van der Waals surface area contributed by atoms with Crippen molar-refractivity contribution in [1.82, 2.24) is 0 Å². The van der Waals surface area contributed by atoms with Crippen LogP contribution in [0.15, 0.2) is 24.8 Å². The molecular formula is C11H13NO3S. The summed E-state index contributed by atoms with van der Waals surface area (Å²) in [5, 5.41) is 0. The van der Waals surface area contributed by atoms with Crippen LogP contribution in [0.25, 0.3) is 5.57 Å². The van der Waals surface area contributed by atoms with Crippen molar-refractivity contribution in [2.75, 3.05) is 11.0 Å². The molecule has 0 aliphatic carbocycles. The Balaban J connectivity index is 3.27. The second-order valence-electron chi connectivity index (χ2n) is 3.57. The zero-order chi connectivity index (χ0) is 12.3. The molecule has 1 N–H and O–H groups in total. The van der Waals surface area contributed by atoms with Crippen molar-refractivity contribution in [2.24, 2.45) is 0 Å². The summed E-state index contributed by atoms with van der Waals surface area (Å²) in [6.45, 7) is 5.56. The molecular weight excluding hydrogens is 226 g/mol. The van der Waals surface area contributed by atoms with Crippen LogP contribution in [0.4, 0.5) is 5.69 Å². The summed E-state index contributed by atoms with van der Waals surface area (Å²) in [7, 11) is -3.39. The van der Waals surface area contributed by atoms with Crippen molar-refractivity contribution in [3.05, 3.63) is 35.9 Å². The molecule has 0 aliphatic heterocycles. The summed E-state index contributed by atoms with van der Waals surface area (Å²) >= 11 is 0. The fourth-order valence-corrected chi connectivity index (χ4v) is 1.79. The van der Waals surface area contributed by atoms with Crippen molar-refractivity contribution in [2.45, 2.75) is 6.92 Å². The molecule has 0 spiro atoms. The highest BCUT2D eigenvalue weighted by molar-refractivity contribution is 7.92. The molecule has 1 rings (SSSR count). The van der Waals surface area contributed by atoms with Gasteiger partial charge in [0.1, 0.15) is 0 Å². The van der Waals surface area contributed by atoms with E-state index in [4.69, 9.17) is 0 Å². The van der Waals surface area contributed by atoms with E-state index in [1.807, 2.05) is 0 Å². The average molecular weight is 239 g/mol. The first-order valence-electron chi connectivity index (χ1n) is 4.56. The van der Waals surface area contributed by atoms with Crippen molar-refractivity contribution < 1.29 is 13.2 Å². The number of sulfonamides is 1. The Morgan fingerprint density at radius 2 is 2.06 bits per heavy atom. The van der Waals surface area contributed by atoms with E-state index in [1.54, 1.807) is 25.1 Å². The number of aldehydes is 1. The lowest BCUT2D eigenvalue weighted by Crippen LogP contribution is -2.11. The Bertz CT molecular complexity index is 532. The maximum Gasteiger partial charge on any atom is 0.229 e. The lowest BCUT2D eigenvalue weighted by Gasteiger charge is -2.09. The Labute approximate surface area is 95.0 Å². The third kappa shape index (κ3) is 3.20. The number of benzene rings is 1. The van der Waals surface area contributed by atoms with Crippen LogP contribution in [-0.2, 0) is 10.0 Å². The Morgan fingerprint density at radius 3 is 2.50 bits per heavy atom. The highest BCUT2D eigenvalue weighted by Crippen LogP contribution is 2.21. The summed E-state index contributed by atoms with van der Waals surface area (Å²) in [6.07, 6.45) is 1.64. The van der Waals surface area contributed by atoms with Crippen LogP contribution in [0, 0.1) is 0 Å². The molecule has 0 unspecified atom stereocenters. The molecule has 0 saturated heterocycles. The maximum atomic E-state index is 11.1. The van der Waals surface area contributed by atoms with Gasteiger partial charge in [0, 0.05) is 5.56 Å². The molecule has 1 aromatic rings. The topological polar surface area (TPSA) is 63.2 Å². The molecule has 4 nitrogen and oxygen atoms in total. The van der Waals surface area contributed by atoms with Gasteiger partial charge in [0.25, 0.3) is 0 Å². The quantitative estimate of drug-likeness (QED) is 0.816. The molecule has 86 valence electrons. The number of carbonyl (C=O) groups is 1. The average Bonchev–Trinajstić information content (AvgIpc) is 2.15. The summed E-state index contributed by atoms with van der Waals surface area (Å²) in [4.78, 5) is 10.7. The molecule has 0 bridgehead atoms. The standard InChI is InChI=1S/C11H13NO3S/c1-8(2)9-4-5-10(7-13)11(6-9)12-16(3,14)15/h4-7,12H,1H2,2-3H3. The fraction of sp³-hybridized carbons (Fsp3) is 0.182. The van der Waals surface area contributed by atoms with Gasteiger partial charge in [-0.3, -0.25) is 9.52 Å². The summed E-state index contributed by atoms with van der Waals surface area (Å²) in [6, 6.07) is 4.87. The van der Waals surface area contributed by atoms with Gasteiger partial charge in [-0.15, -0.1) is 0 Å². The van der Waals surface area contributed by atoms with Crippen LogP contribution in [0.2, 0.25) is 0 Å². The second-order valence-corrected chi connectivity index (χ2v) is 5.32. The first-order valence-corrected chi connectivity index (χ1v) is 6.45. The number of nitrogens with one attached hydrogen (secondary N) is 1.